The maximum Gasteiger partial charge on any atom is 0.143 e. The highest BCUT2D eigenvalue weighted by Gasteiger charge is 2.38. The van der Waals surface area contributed by atoms with E-state index in [9.17, 15) is 0 Å². The molecule has 1 aromatic rings. The Hall–Kier alpha value is -1.18. The number of nitrogens with one attached hydrogen (secondary N) is 1. The van der Waals surface area contributed by atoms with Crippen LogP contribution in [0.2, 0.25) is 0 Å². The van der Waals surface area contributed by atoms with E-state index in [0.29, 0.717) is 0 Å². The van der Waals surface area contributed by atoms with E-state index in [1.54, 1.807) is 0 Å². The lowest BCUT2D eigenvalue weighted by Crippen LogP contribution is -2.43. The average molecular weight is 189 g/mol. The van der Waals surface area contributed by atoms with Crippen LogP contribution in [0.4, 0.5) is 5.69 Å². The van der Waals surface area contributed by atoms with Crippen molar-refractivity contribution in [2.75, 3.05) is 11.9 Å². The van der Waals surface area contributed by atoms with E-state index >= 15 is 0 Å². The number of hydrogen-bond acceptors (Lipinski definition) is 2. The predicted molar refractivity (Wildman–Crippen MR) is 56.8 cm³/mol. The van der Waals surface area contributed by atoms with Gasteiger partial charge in [-0.05, 0) is 37.8 Å². The molecule has 2 nitrogen and oxygen atoms in total. The zero-order valence-corrected chi connectivity index (χ0v) is 8.25. The molecule has 0 atom stereocenters. The van der Waals surface area contributed by atoms with Gasteiger partial charge < -0.3 is 10.1 Å². The third kappa shape index (κ3) is 1.17. The van der Waals surface area contributed by atoms with Crippen molar-refractivity contribution in [3.05, 3.63) is 24.3 Å². The Bertz CT molecular complexity index is 342. The molecule has 0 radical (unpaired) electrons. The second-order valence-electron chi connectivity index (χ2n) is 4.34. The number of ether oxygens (including phenoxy) is 1. The molecule has 2 aliphatic rings. The highest BCUT2D eigenvalue weighted by Crippen LogP contribution is 2.40. The van der Waals surface area contributed by atoms with Gasteiger partial charge in [-0.2, -0.15) is 0 Å². The molecule has 2 heteroatoms. The van der Waals surface area contributed by atoms with Gasteiger partial charge in [-0.15, -0.1) is 0 Å². The van der Waals surface area contributed by atoms with Crippen LogP contribution in [0, 0.1) is 0 Å². The van der Waals surface area contributed by atoms with Crippen molar-refractivity contribution in [2.24, 2.45) is 0 Å². The lowest BCUT2D eigenvalue weighted by Gasteiger charge is -2.36. The van der Waals surface area contributed by atoms with E-state index in [-0.39, 0.29) is 5.60 Å². The molecule has 0 bridgehead atoms. The molecule has 3 rings (SSSR count). The third-order valence-electron chi connectivity index (χ3n) is 3.33. The molecule has 0 unspecified atom stereocenters. The van der Waals surface area contributed by atoms with Gasteiger partial charge >= 0.3 is 0 Å². The van der Waals surface area contributed by atoms with Gasteiger partial charge in [0, 0.05) is 0 Å². The summed E-state index contributed by atoms with van der Waals surface area (Å²) in [6, 6.07) is 8.22. The lowest BCUT2D eigenvalue weighted by molar-refractivity contribution is 0.0830. The molecular weight excluding hydrogens is 174 g/mol. The number of fused-ring (bicyclic) bond motifs is 1. The summed E-state index contributed by atoms with van der Waals surface area (Å²) in [5.74, 6) is 1.03. The van der Waals surface area contributed by atoms with Crippen molar-refractivity contribution in [1.82, 2.24) is 0 Å². The molecule has 74 valence electrons. The molecule has 1 aromatic carbocycles. The standard InChI is InChI=1S/C12H15NO/c1-2-6-11-10(5-1)13-9-12(14-11)7-3-4-8-12/h1-2,5-6,13H,3-4,7-9H2. The molecule has 0 saturated heterocycles. The van der Waals surface area contributed by atoms with E-state index in [1.165, 1.54) is 25.7 Å². The minimum Gasteiger partial charge on any atom is -0.483 e. The molecule has 1 heterocycles. The first kappa shape index (κ1) is 8.16. The van der Waals surface area contributed by atoms with Crippen molar-refractivity contribution >= 4 is 5.69 Å². The first-order valence-electron chi connectivity index (χ1n) is 5.40. The Morgan fingerprint density at radius 2 is 1.93 bits per heavy atom. The first-order valence-corrected chi connectivity index (χ1v) is 5.40. The summed E-state index contributed by atoms with van der Waals surface area (Å²) in [4.78, 5) is 0. The number of benzene rings is 1. The summed E-state index contributed by atoms with van der Waals surface area (Å²) in [6.07, 6.45) is 5.02. The summed E-state index contributed by atoms with van der Waals surface area (Å²) in [7, 11) is 0. The summed E-state index contributed by atoms with van der Waals surface area (Å²) in [6.45, 7) is 0.976. The van der Waals surface area contributed by atoms with Crippen LogP contribution in [-0.4, -0.2) is 12.1 Å². The fraction of sp³-hybridized carbons (Fsp3) is 0.500. The highest BCUT2D eigenvalue weighted by atomic mass is 16.5. The zero-order chi connectivity index (χ0) is 9.43. The summed E-state index contributed by atoms with van der Waals surface area (Å²) >= 11 is 0. The summed E-state index contributed by atoms with van der Waals surface area (Å²) in [5.41, 5.74) is 1.25. The Morgan fingerprint density at radius 1 is 1.14 bits per heavy atom. The van der Waals surface area contributed by atoms with Crippen LogP contribution in [-0.2, 0) is 0 Å². The van der Waals surface area contributed by atoms with Crippen LogP contribution in [0.1, 0.15) is 25.7 Å². The number of para-hydroxylation sites is 2. The molecule has 1 aliphatic carbocycles. The van der Waals surface area contributed by atoms with Gasteiger partial charge in [0.25, 0.3) is 0 Å². The third-order valence-corrected chi connectivity index (χ3v) is 3.33. The molecule has 0 amide bonds. The Kier molecular flexibility index (Phi) is 1.69. The first-order chi connectivity index (χ1) is 6.88. The van der Waals surface area contributed by atoms with Gasteiger partial charge in [0.05, 0.1) is 12.2 Å². The molecule has 1 N–H and O–H groups in total. The topological polar surface area (TPSA) is 21.3 Å². The second-order valence-corrected chi connectivity index (χ2v) is 4.34. The van der Waals surface area contributed by atoms with Crippen molar-refractivity contribution in [1.29, 1.82) is 0 Å². The molecule has 1 saturated carbocycles. The zero-order valence-electron chi connectivity index (χ0n) is 8.25. The van der Waals surface area contributed by atoms with E-state index < -0.39 is 0 Å². The van der Waals surface area contributed by atoms with E-state index in [2.05, 4.69) is 17.4 Å². The SMILES string of the molecule is c1ccc2c(c1)NCC1(CCCC1)O2. The predicted octanol–water partition coefficient (Wildman–Crippen LogP) is 2.80. The largest absolute Gasteiger partial charge is 0.483 e. The van der Waals surface area contributed by atoms with Gasteiger partial charge in [-0.1, -0.05) is 12.1 Å². The van der Waals surface area contributed by atoms with Gasteiger partial charge in [0.2, 0.25) is 0 Å². The molecule has 1 spiro atoms. The minimum absolute atomic E-state index is 0.106. The number of rotatable bonds is 0. The summed E-state index contributed by atoms with van der Waals surface area (Å²) < 4.78 is 6.12. The van der Waals surface area contributed by atoms with Gasteiger partial charge in [0.15, 0.2) is 0 Å². The fourth-order valence-corrected chi connectivity index (χ4v) is 2.53. The van der Waals surface area contributed by atoms with Crippen molar-refractivity contribution in [3.8, 4) is 5.75 Å². The van der Waals surface area contributed by atoms with Gasteiger partial charge in [-0.25, -0.2) is 0 Å². The molecule has 1 aliphatic heterocycles. The van der Waals surface area contributed by atoms with Crippen molar-refractivity contribution < 1.29 is 4.74 Å². The second kappa shape index (κ2) is 2.91. The molecular formula is C12H15NO. The molecule has 14 heavy (non-hydrogen) atoms. The number of anilines is 1. The lowest BCUT2D eigenvalue weighted by atomic mass is 10.00. The van der Waals surface area contributed by atoms with Gasteiger partial charge in [0.1, 0.15) is 11.4 Å². The quantitative estimate of drug-likeness (QED) is 0.677. The average Bonchev–Trinajstić information content (AvgIpc) is 2.66. The highest BCUT2D eigenvalue weighted by molar-refractivity contribution is 5.58. The summed E-state index contributed by atoms with van der Waals surface area (Å²) in [5, 5.41) is 3.47. The van der Waals surface area contributed by atoms with Crippen LogP contribution >= 0.6 is 0 Å². The normalized spacial score (nSPS) is 22.6. The van der Waals surface area contributed by atoms with Crippen LogP contribution in [0.25, 0.3) is 0 Å². The van der Waals surface area contributed by atoms with Crippen molar-refractivity contribution in [2.45, 2.75) is 31.3 Å². The van der Waals surface area contributed by atoms with Gasteiger partial charge in [-0.3, -0.25) is 0 Å². The van der Waals surface area contributed by atoms with Crippen LogP contribution < -0.4 is 10.1 Å². The Labute approximate surface area is 84.3 Å². The monoisotopic (exact) mass is 189 g/mol. The Balaban J connectivity index is 1.92. The molecule has 0 aromatic heterocycles. The fourth-order valence-electron chi connectivity index (χ4n) is 2.53. The minimum atomic E-state index is 0.106. The van der Waals surface area contributed by atoms with Crippen LogP contribution in [0.5, 0.6) is 5.75 Å². The smallest absolute Gasteiger partial charge is 0.143 e. The maximum absolute atomic E-state index is 6.12. The Morgan fingerprint density at radius 3 is 2.79 bits per heavy atom. The van der Waals surface area contributed by atoms with Crippen molar-refractivity contribution in [3.63, 3.8) is 0 Å². The maximum atomic E-state index is 6.12. The van der Waals surface area contributed by atoms with E-state index in [1.807, 2.05) is 12.1 Å². The van der Waals surface area contributed by atoms with Crippen LogP contribution in [0.3, 0.4) is 0 Å². The molecule has 1 fully saturated rings. The van der Waals surface area contributed by atoms with E-state index in [4.69, 9.17) is 4.74 Å². The van der Waals surface area contributed by atoms with E-state index in [0.717, 1.165) is 18.0 Å². The number of hydrogen-bond donors (Lipinski definition) is 1. The van der Waals surface area contributed by atoms with Crippen LogP contribution in [0.15, 0.2) is 24.3 Å².